The van der Waals surface area contributed by atoms with Gasteiger partial charge in [-0.2, -0.15) is 0 Å². The maximum Gasteiger partial charge on any atom is 0.357 e. The van der Waals surface area contributed by atoms with Gasteiger partial charge in [-0.1, -0.05) is 30.3 Å². The van der Waals surface area contributed by atoms with Crippen LogP contribution in [0.5, 0.6) is 0 Å². The second-order valence-corrected chi connectivity index (χ2v) is 5.27. The molecule has 0 radical (unpaired) electrons. The molecule has 1 aromatic carbocycles. The van der Waals surface area contributed by atoms with Gasteiger partial charge in [0.25, 0.3) is 0 Å². The number of hydrogen-bond acceptors (Lipinski definition) is 6. The van der Waals surface area contributed by atoms with Gasteiger partial charge in [0.1, 0.15) is 0 Å². The fourth-order valence-electron chi connectivity index (χ4n) is 1.91. The Bertz CT molecular complexity index is 571. The van der Waals surface area contributed by atoms with E-state index in [1.165, 1.54) is 16.9 Å². The van der Waals surface area contributed by atoms with Crippen LogP contribution >= 0.6 is 11.3 Å². The number of aromatic nitrogens is 1. The van der Waals surface area contributed by atoms with E-state index in [1.54, 1.807) is 12.3 Å². The van der Waals surface area contributed by atoms with E-state index < -0.39 is 0 Å². The molecule has 112 valence electrons. The molecule has 2 N–H and O–H groups in total. The maximum atomic E-state index is 11.7. The van der Waals surface area contributed by atoms with Gasteiger partial charge in [-0.3, -0.25) is 0 Å². The fourth-order valence-corrected chi connectivity index (χ4v) is 2.73. The Balaban J connectivity index is 2.13. The molecule has 0 spiro atoms. The lowest BCUT2D eigenvalue weighted by Crippen LogP contribution is -2.29. The van der Waals surface area contributed by atoms with Crippen LogP contribution in [0.25, 0.3) is 0 Å². The fraction of sp³-hybridized carbons (Fsp3) is 0.333. The Morgan fingerprint density at radius 2 is 2.14 bits per heavy atom. The molecular weight excluding hydrogens is 286 g/mol. The van der Waals surface area contributed by atoms with Crippen molar-refractivity contribution in [1.82, 2.24) is 4.98 Å². The van der Waals surface area contributed by atoms with Crippen LogP contribution in [0.2, 0.25) is 0 Å². The van der Waals surface area contributed by atoms with Crippen molar-refractivity contribution in [2.45, 2.75) is 13.5 Å². The molecule has 1 heterocycles. The van der Waals surface area contributed by atoms with Gasteiger partial charge in [0.2, 0.25) is 0 Å². The maximum absolute atomic E-state index is 11.7. The van der Waals surface area contributed by atoms with E-state index >= 15 is 0 Å². The number of nitrogens with zero attached hydrogens (tertiary/aromatic N) is 2. The summed E-state index contributed by atoms with van der Waals surface area (Å²) in [5.74, 6) is -0.382. The molecule has 0 aliphatic heterocycles. The molecule has 0 unspecified atom stereocenters. The summed E-state index contributed by atoms with van der Waals surface area (Å²) in [6.07, 6.45) is 0. The summed E-state index contributed by atoms with van der Waals surface area (Å²) >= 11 is 1.43. The SMILES string of the molecule is CCOC(=O)c1csc(N(CCN)Cc2ccccc2)n1. The third kappa shape index (κ3) is 4.27. The minimum Gasteiger partial charge on any atom is -0.461 e. The smallest absolute Gasteiger partial charge is 0.357 e. The molecule has 0 amide bonds. The van der Waals surface area contributed by atoms with Crippen molar-refractivity contribution in [3.8, 4) is 0 Å². The zero-order valence-corrected chi connectivity index (χ0v) is 12.8. The van der Waals surface area contributed by atoms with Crippen LogP contribution in [0.15, 0.2) is 35.7 Å². The lowest BCUT2D eigenvalue weighted by Gasteiger charge is -2.21. The highest BCUT2D eigenvalue weighted by Gasteiger charge is 2.15. The molecule has 0 saturated carbocycles. The largest absolute Gasteiger partial charge is 0.461 e. The minimum atomic E-state index is -0.382. The lowest BCUT2D eigenvalue weighted by atomic mass is 10.2. The summed E-state index contributed by atoms with van der Waals surface area (Å²) < 4.78 is 4.96. The third-order valence-electron chi connectivity index (χ3n) is 2.86. The van der Waals surface area contributed by atoms with Gasteiger partial charge in [0.15, 0.2) is 10.8 Å². The van der Waals surface area contributed by atoms with Crippen LogP contribution in [0, 0.1) is 0 Å². The minimum absolute atomic E-state index is 0.349. The van der Waals surface area contributed by atoms with Crippen molar-refractivity contribution in [3.05, 3.63) is 47.0 Å². The van der Waals surface area contributed by atoms with Crippen LogP contribution < -0.4 is 10.6 Å². The first-order chi connectivity index (χ1) is 10.2. The van der Waals surface area contributed by atoms with Crippen LogP contribution in [0.1, 0.15) is 23.0 Å². The van der Waals surface area contributed by atoms with E-state index in [0.29, 0.717) is 31.9 Å². The van der Waals surface area contributed by atoms with Gasteiger partial charge in [-0.05, 0) is 12.5 Å². The average molecular weight is 305 g/mol. The average Bonchev–Trinajstić information content (AvgIpc) is 2.98. The molecule has 0 atom stereocenters. The van der Waals surface area contributed by atoms with Crippen LogP contribution in [0.3, 0.4) is 0 Å². The number of ether oxygens (including phenoxy) is 1. The number of anilines is 1. The second kappa shape index (κ2) is 7.75. The Morgan fingerprint density at radius 1 is 1.38 bits per heavy atom. The number of rotatable bonds is 7. The predicted octanol–water partition coefficient (Wildman–Crippen LogP) is 2.29. The number of esters is 1. The van der Waals surface area contributed by atoms with Crippen molar-refractivity contribution in [3.63, 3.8) is 0 Å². The first-order valence-electron chi connectivity index (χ1n) is 6.86. The summed E-state index contributed by atoms with van der Waals surface area (Å²) in [5.41, 5.74) is 7.21. The third-order valence-corrected chi connectivity index (χ3v) is 3.76. The summed E-state index contributed by atoms with van der Waals surface area (Å²) in [6, 6.07) is 10.1. The summed E-state index contributed by atoms with van der Waals surface area (Å²) in [4.78, 5) is 18.1. The van der Waals surface area contributed by atoms with Gasteiger partial charge < -0.3 is 15.4 Å². The van der Waals surface area contributed by atoms with Gasteiger partial charge in [-0.15, -0.1) is 11.3 Å². The normalized spacial score (nSPS) is 10.4. The Morgan fingerprint density at radius 3 is 2.81 bits per heavy atom. The number of hydrogen-bond donors (Lipinski definition) is 1. The monoisotopic (exact) mass is 305 g/mol. The molecular formula is C15H19N3O2S. The van der Waals surface area contributed by atoms with Gasteiger partial charge in [0.05, 0.1) is 6.61 Å². The predicted molar refractivity (Wildman–Crippen MR) is 84.6 cm³/mol. The number of carbonyl (C=O) groups excluding carboxylic acids is 1. The van der Waals surface area contributed by atoms with E-state index in [-0.39, 0.29) is 5.97 Å². The molecule has 21 heavy (non-hydrogen) atoms. The van der Waals surface area contributed by atoms with E-state index in [0.717, 1.165) is 5.13 Å². The lowest BCUT2D eigenvalue weighted by molar-refractivity contribution is 0.0520. The molecule has 2 aromatic rings. The van der Waals surface area contributed by atoms with Gasteiger partial charge in [0, 0.05) is 25.0 Å². The van der Waals surface area contributed by atoms with Crippen LogP contribution in [-0.4, -0.2) is 30.6 Å². The highest BCUT2D eigenvalue weighted by Crippen LogP contribution is 2.22. The van der Waals surface area contributed by atoms with Crippen molar-refractivity contribution in [2.75, 3.05) is 24.6 Å². The molecule has 0 fully saturated rings. The number of thiazole rings is 1. The first kappa shape index (κ1) is 15.5. The topological polar surface area (TPSA) is 68.5 Å². The van der Waals surface area contributed by atoms with E-state index in [9.17, 15) is 4.79 Å². The van der Waals surface area contributed by atoms with Crippen molar-refractivity contribution in [1.29, 1.82) is 0 Å². The summed E-state index contributed by atoms with van der Waals surface area (Å²) in [5, 5.41) is 2.51. The summed E-state index contributed by atoms with van der Waals surface area (Å²) in [7, 11) is 0. The van der Waals surface area contributed by atoms with E-state index in [2.05, 4.69) is 22.0 Å². The van der Waals surface area contributed by atoms with E-state index in [4.69, 9.17) is 10.5 Å². The molecule has 0 aliphatic rings. The molecule has 0 aliphatic carbocycles. The Kier molecular flexibility index (Phi) is 5.71. The van der Waals surface area contributed by atoms with Crippen molar-refractivity contribution in [2.24, 2.45) is 5.73 Å². The van der Waals surface area contributed by atoms with Crippen LogP contribution in [0.4, 0.5) is 5.13 Å². The molecule has 0 saturated heterocycles. The standard InChI is InChI=1S/C15H19N3O2S/c1-2-20-14(19)13-11-21-15(17-13)18(9-8-16)10-12-6-4-3-5-7-12/h3-7,11H,2,8-10,16H2,1H3. The summed E-state index contributed by atoms with van der Waals surface area (Å²) in [6.45, 7) is 4.06. The molecule has 5 nitrogen and oxygen atoms in total. The van der Waals surface area contributed by atoms with Crippen molar-refractivity contribution < 1.29 is 9.53 Å². The first-order valence-corrected chi connectivity index (χ1v) is 7.74. The van der Waals surface area contributed by atoms with Gasteiger partial charge in [-0.25, -0.2) is 9.78 Å². The van der Waals surface area contributed by atoms with Crippen molar-refractivity contribution >= 4 is 22.4 Å². The van der Waals surface area contributed by atoms with Gasteiger partial charge >= 0.3 is 5.97 Å². The molecule has 2 rings (SSSR count). The number of carbonyl (C=O) groups is 1. The zero-order chi connectivity index (χ0) is 15.1. The molecule has 0 bridgehead atoms. The quantitative estimate of drug-likeness (QED) is 0.795. The van der Waals surface area contributed by atoms with Crippen LogP contribution in [-0.2, 0) is 11.3 Å². The Labute approximate surface area is 128 Å². The molecule has 6 heteroatoms. The Hall–Kier alpha value is -1.92. The highest BCUT2D eigenvalue weighted by atomic mass is 32.1. The zero-order valence-electron chi connectivity index (χ0n) is 12.0. The van der Waals surface area contributed by atoms with E-state index in [1.807, 2.05) is 18.2 Å². The molecule has 1 aromatic heterocycles. The number of nitrogens with two attached hydrogens (primary N) is 1. The number of benzene rings is 1. The highest BCUT2D eigenvalue weighted by molar-refractivity contribution is 7.13. The second-order valence-electron chi connectivity index (χ2n) is 4.43.